The number of aromatic nitrogens is 3. The Labute approximate surface area is 148 Å². The van der Waals surface area contributed by atoms with Crippen LogP contribution in [-0.2, 0) is 0 Å². The van der Waals surface area contributed by atoms with Crippen molar-refractivity contribution in [2.24, 2.45) is 0 Å². The highest BCUT2D eigenvalue weighted by Gasteiger charge is 2.19. The Morgan fingerprint density at radius 1 is 1.16 bits per heavy atom. The van der Waals surface area contributed by atoms with Gasteiger partial charge in [0.1, 0.15) is 0 Å². The Kier molecular flexibility index (Phi) is 4.57. The highest BCUT2D eigenvalue weighted by Crippen LogP contribution is 2.19. The minimum absolute atomic E-state index is 0.0436. The van der Waals surface area contributed by atoms with Crippen LogP contribution in [0.5, 0.6) is 0 Å². The van der Waals surface area contributed by atoms with Crippen molar-refractivity contribution in [3.8, 4) is 0 Å². The summed E-state index contributed by atoms with van der Waals surface area (Å²) in [6, 6.07) is 2.30. The van der Waals surface area contributed by atoms with Crippen LogP contribution in [0.1, 0.15) is 42.5 Å². The number of fused-ring (bicyclic) bond motifs is 1. The number of nitrogens with one attached hydrogen (secondary N) is 1. The third-order valence-corrected chi connectivity index (χ3v) is 5.33. The molecule has 1 saturated heterocycles. The van der Waals surface area contributed by atoms with Gasteiger partial charge in [0, 0.05) is 50.7 Å². The Morgan fingerprint density at radius 2 is 1.92 bits per heavy atom. The first-order chi connectivity index (χ1) is 12.2. The zero-order valence-corrected chi connectivity index (χ0v) is 14.8. The van der Waals surface area contributed by atoms with Crippen molar-refractivity contribution in [3.05, 3.63) is 24.0 Å². The number of carbonyl (C=O) groups excluding carboxylic acids is 1. The summed E-state index contributed by atoms with van der Waals surface area (Å²) in [6.45, 7) is 4.01. The third-order valence-electron chi connectivity index (χ3n) is 5.33. The molecule has 4 rings (SSSR count). The van der Waals surface area contributed by atoms with Gasteiger partial charge in [-0.05, 0) is 19.9 Å². The van der Waals surface area contributed by atoms with Crippen LogP contribution in [0.3, 0.4) is 0 Å². The van der Waals surface area contributed by atoms with Crippen molar-refractivity contribution >= 4 is 17.4 Å². The third kappa shape index (κ3) is 3.61. The summed E-state index contributed by atoms with van der Waals surface area (Å²) in [5, 5.41) is 7.77. The summed E-state index contributed by atoms with van der Waals surface area (Å²) in [7, 11) is 2.14. The number of carbonyl (C=O) groups is 1. The Balaban J connectivity index is 1.48. The number of nitrogens with zero attached hydrogens (tertiary/aromatic N) is 5. The second kappa shape index (κ2) is 7.00. The molecule has 1 aliphatic carbocycles. The quantitative estimate of drug-likeness (QED) is 0.917. The monoisotopic (exact) mass is 342 g/mol. The highest BCUT2D eigenvalue weighted by atomic mass is 16.1. The number of hydrogen-bond donors (Lipinski definition) is 1. The van der Waals surface area contributed by atoms with E-state index in [-0.39, 0.29) is 5.91 Å². The summed E-state index contributed by atoms with van der Waals surface area (Å²) < 4.78 is 1.73. The van der Waals surface area contributed by atoms with Gasteiger partial charge < -0.3 is 15.1 Å². The molecule has 2 aliphatic rings. The van der Waals surface area contributed by atoms with E-state index in [9.17, 15) is 4.79 Å². The molecule has 0 atom stereocenters. The molecule has 0 unspecified atom stereocenters. The molecule has 25 heavy (non-hydrogen) atoms. The van der Waals surface area contributed by atoms with Crippen LogP contribution in [0, 0.1) is 0 Å². The summed E-state index contributed by atoms with van der Waals surface area (Å²) in [6.07, 6.45) is 9.30. The Morgan fingerprint density at radius 3 is 2.68 bits per heavy atom. The van der Waals surface area contributed by atoms with Crippen molar-refractivity contribution in [3.63, 3.8) is 0 Å². The van der Waals surface area contributed by atoms with Crippen molar-refractivity contribution in [2.45, 2.75) is 38.1 Å². The molecule has 1 aliphatic heterocycles. The molecule has 7 heteroatoms. The molecular weight excluding hydrogens is 316 g/mol. The zero-order valence-electron chi connectivity index (χ0n) is 14.8. The fraction of sp³-hybridized carbons (Fsp3) is 0.611. The van der Waals surface area contributed by atoms with Gasteiger partial charge in [0.2, 0.25) is 0 Å². The fourth-order valence-corrected chi connectivity index (χ4v) is 3.69. The molecule has 2 aromatic rings. The van der Waals surface area contributed by atoms with Gasteiger partial charge in [-0.3, -0.25) is 4.79 Å². The summed E-state index contributed by atoms with van der Waals surface area (Å²) in [5.74, 6) is 0.892. The predicted octanol–water partition coefficient (Wildman–Crippen LogP) is 1.54. The number of rotatable bonds is 3. The van der Waals surface area contributed by atoms with Crippen LogP contribution in [0.25, 0.3) is 5.65 Å². The largest absolute Gasteiger partial charge is 0.353 e. The normalized spacial score (nSPS) is 20.1. The number of piperazine rings is 1. The van der Waals surface area contributed by atoms with Gasteiger partial charge in [0.25, 0.3) is 5.91 Å². The van der Waals surface area contributed by atoms with E-state index in [0.29, 0.717) is 11.6 Å². The molecule has 0 spiro atoms. The van der Waals surface area contributed by atoms with Crippen molar-refractivity contribution in [2.75, 3.05) is 38.1 Å². The minimum atomic E-state index is -0.0436. The maximum absolute atomic E-state index is 12.5. The van der Waals surface area contributed by atoms with Gasteiger partial charge >= 0.3 is 0 Å². The van der Waals surface area contributed by atoms with E-state index < -0.39 is 0 Å². The molecule has 2 aromatic heterocycles. The number of anilines is 1. The van der Waals surface area contributed by atoms with Crippen LogP contribution in [0.15, 0.2) is 18.5 Å². The Hall–Kier alpha value is -2.15. The number of amides is 1. The summed E-state index contributed by atoms with van der Waals surface area (Å²) >= 11 is 0. The first-order valence-corrected chi connectivity index (χ1v) is 9.29. The zero-order chi connectivity index (χ0) is 17.2. The van der Waals surface area contributed by atoms with Crippen LogP contribution in [-0.4, -0.2) is 64.7 Å². The van der Waals surface area contributed by atoms with Gasteiger partial charge in [-0.1, -0.05) is 19.3 Å². The second-order valence-electron chi connectivity index (χ2n) is 7.25. The lowest BCUT2D eigenvalue weighted by molar-refractivity contribution is 0.0927. The second-order valence-corrected chi connectivity index (χ2v) is 7.25. The summed E-state index contributed by atoms with van der Waals surface area (Å²) in [4.78, 5) is 21.5. The topological polar surface area (TPSA) is 65.8 Å². The average molecular weight is 342 g/mol. The minimum Gasteiger partial charge on any atom is -0.353 e. The van der Waals surface area contributed by atoms with Gasteiger partial charge in [0.05, 0.1) is 5.56 Å². The van der Waals surface area contributed by atoms with Crippen LogP contribution < -0.4 is 10.2 Å². The molecule has 1 amide bonds. The van der Waals surface area contributed by atoms with E-state index in [0.717, 1.165) is 50.5 Å². The molecule has 2 fully saturated rings. The number of hydrogen-bond acceptors (Lipinski definition) is 5. The van der Waals surface area contributed by atoms with E-state index in [2.05, 4.69) is 32.2 Å². The van der Waals surface area contributed by atoms with Crippen molar-refractivity contribution < 1.29 is 4.79 Å². The van der Waals surface area contributed by atoms with E-state index >= 15 is 0 Å². The van der Waals surface area contributed by atoms with Gasteiger partial charge in [-0.2, -0.15) is 0 Å². The van der Waals surface area contributed by atoms with Gasteiger partial charge in [-0.25, -0.2) is 9.50 Å². The predicted molar refractivity (Wildman–Crippen MR) is 97.0 cm³/mol. The number of likely N-dealkylation sites (N-methyl/N-ethyl adjacent to an activating group) is 1. The van der Waals surface area contributed by atoms with E-state index in [4.69, 9.17) is 0 Å². The van der Waals surface area contributed by atoms with Gasteiger partial charge in [0.15, 0.2) is 11.5 Å². The maximum atomic E-state index is 12.5. The van der Waals surface area contributed by atoms with E-state index in [1.54, 1.807) is 16.9 Å². The molecule has 0 radical (unpaired) electrons. The standard InChI is InChI=1S/C18H26N6O/c1-22-7-9-23(10-8-22)17-11-16-19-12-14(13-24(16)21-17)18(25)20-15-5-3-2-4-6-15/h11-13,15H,2-10H2,1H3,(H,20,25). The molecule has 1 N–H and O–H groups in total. The highest BCUT2D eigenvalue weighted by molar-refractivity contribution is 5.94. The fourth-order valence-electron chi connectivity index (χ4n) is 3.69. The molecule has 134 valence electrons. The molecule has 7 nitrogen and oxygen atoms in total. The smallest absolute Gasteiger partial charge is 0.254 e. The Bertz CT molecular complexity index is 743. The average Bonchev–Trinajstić information content (AvgIpc) is 3.06. The first-order valence-electron chi connectivity index (χ1n) is 9.29. The first kappa shape index (κ1) is 16.3. The van der Waals surface area contributed by atoms with Gasteiger partial charge in [-0.15, -0.1) is 5.10 Å². The molecule has 0 aromatic carbocycles. The van der Waals surface area contributed by atoms with Crippen LogP contribution in [0.2, 0.25) is 0 Å². The van der Waals surface area contributed by atoms with Crippen LogP contribution in [0.4, 0.5) is 5.82 Å². The van der Waals surface area contributed by atoms with Crippen molar-refractivity contribution in [1.29, 1.82) is 0 Å². The molecule has 1 saturated carbocycles. The SMILES string of the molecule is CN1CCN(c2cc3ncc(C(=O)NC4CCCCC4)cn3n2)CC1. The van der Waals surface area contributed by atoms with E-state index in [1.165, 1.54) is 19.3 Å². The maximum Gasteiger partial charge on any atom is 0.254 e. The van der Waals surface area contributed by atoms with Crippen LogP contribution >= 0.6 is 0 Å². The molecular formula is C18H26N6O. The lowest BCUT2D eigenvalue weighted by Gasteiger charge is -2.32. The molecule has 3 heterocycles. The van der Waals surface area contributed by atoms with E-state index in [1.807, 2.05) is 6.07 Å². The lowest BCUT2D eigenvalue weighted by atomic mass is 9.95. The summed E-state index contributed by atoms with van der Waals surface area (Å²) in [5.41, 5.74) is 1.36. The lowest BCUT2D eigenvalue weighted by Crippen LogP contribution is -2.44. The molecule has 0 bridgehead atoms. The van der Waals surface area contributed by atoms with Crippen molar-refractivity contribution in [1.82, 2.24) is 24.8 Å².